The molecule has 4 nitrogen and oxygen atoms in total. The summed E-state index contributed by atoms with van der Waals surface area (Å²) in [4.78, 5) is 4.06. The van der Waals surface area contributed by atoms with Crippen molar-refractivity contribution in [2.75, 3.05) is 0 Å². The van der Waals surface area contributed by atoms with Crippen LogP contribution < -0.4 is 0 Å². The van der Waals surface area contributed by atoms with Crippen molar-refractivity contribution < 1.29 is 0 Å². The van der Waals surface area contributed by atoms with Crippen molar-refractivity contribution in [1.29, 1.82) is 0 Å². The second-order valence-corrected chi connectivity index (χ2v) is 2.59. The van der Waals surface area contributed by atoms with Gasteiger partial charge in [0.2, 0.25) is 0 Å². The van der Waals surface area contributed by atoms with Crippen molar-refractivity contribution in [2.24, 2.45) is 7.05 Å². The minimum Gasteiger partial charge on any atom is -0.235 e. The fourth-order valence-corrected chi connectivity index (χ4v) is 1.08. The molecule has 0 aromatic carbocycles. The molecule has 0 N–H and O–H groups in total. The monoisotopic (exact) mass is 168 g/mol. The molecule has 0 aliphatic heterocycles. The molecule has 56 valence electrons. The van der Waals surface area contributed by atoms with Gasteiger partial charge in [0.25, 0.3) is 0 Å². The fourth-order valence-electron chi connectivity index (χ4n) is 0.904. The first-order valence-corrected chi connectivity index (χ1v) is 3.47. The fraction of sp³-hybridized carbons (Fsp3) is 0.167. The quantitative estimate of drug-likeness (QED) is 0.590. The smallest absolute Gasteiger partial charge is 0.179 e. The third-order valence-electron chi connectivity index (χ3n) is 1.44. The lowest BCUT2D eigenvalue weighted by atomic mass is 10.4. The van der Waals surface area contributed by atoms with Crippen molar-refractivity contribution in [1.82, 2.24) is 20.0 Å². The number of nitrogens with zero attached hydrogens (tertiary/aromatic N) is 4. The highest BCUT2D eigenvalue weighted by Crippen LogP contribution is 2.16. The largest absolute Gasteiger partial charge is 0.235 e. The van der Waals surface area contributed by atoms with Crippen LogP contribution in [0.15, 0.2) is 12.3 Å². The molecule has 0 aliphatic carbocycles. The van der Waals surface area contributed by atoms with E-state index in [0.29, 0.717) is 16.2 Å². The second kappa shape index (κ2) is 2.17. The maximum atomic E-state index is 5.81. The summed E-state index contributed by atoms with van der Waals surface area (Å²) in [6.45, 7) is 0. The third kappa shape index (κ3) is 0.867. The Labute approximate surface area is 67.8 Å². The number of rotatable bonds is 0. The Kier molecular flexibility index (Phi) is 1.29. The molecule has 0 bridgehead atoms. The first kappa shape index (κ1) is 6.54. The van der Waals surface area contributed by atoms with Gasteiger partial charge in [0.15, 0.2) is 11.2 Å². The molecule has 0 radical (unpaired) electrons. The Hall–Kier alpha value is -1.16. The van der Waals surface area contributed by atoms with Crippen LogP contribution in [0.5, 0.6) is 0 Å². The first-order chi connectivity index (χ1) is 5.29. The molecule has 2 aromatic rings. The Morgan fingerprint density at radius 3 is 3.09 bits per heavy atom. The van der Waals surface area contributed by atoms with E-state index in [9.17, 15) is 0 Å². The first-order valence-electron chi connectivity index (χ1n) is 3.09. The van der Waals surface area contributed by atoms with Crippen LogP contribution in [0.2, 0.25) is 5.02 Å². The van der Waals surface area contributed by atoms with Crippen LogP contribution in [0.3, 0.4) is 0 Å². The number of hydrogen-bond donors (Lipinski definition) is 0. The van der Waals surface area contributed by atoms with Gasteiger partial charge in [-0.15, -0.1) is 5.10 Å². The highest BCUT2D eigenvalue weighted by Gasteiger charge is 2.04. The second-order valence-electron chi connectivity index (χ2n) is 2.18. The molecule has 11 heavy (non-hydrogen) atoms. The van der Waals surface area contributed by atoms with Gasteiger partial charge in [-0.2, -0.15) is 0 Å². The lowest BCUT2D eigenvalue weighted by Gasteiger charge is -1.90. The molecule has 0 amide bonds. The lowest BCUT2D eigenvalue weighted by Crippen LogP contribution is -1.90. The SMILES string of the molecule is Cn1nnc2c(Cl)ccnc21. The van der Waals surface area contributed by atoms with Gasteiger partial charge in [-0.25, -0.2) is 9.67 Å². The lowest BCUT2D eigenvalue weighted by molar-refractivity contribution is 0.730. The molecule has 0 spiro atoms. The topological polar surface area (TPSA) is 43.6 Å². The number of fused-ring (bicyclic) bond motifs is 1. The molecule has 0 saturated heterocycles. The Morgan fingerprint density at radius 1 is 1.55 bits per heavy atom. The predicted octanol–water partition coefficient (Wildman–Crippen LogP) is 1.02. The number of aromatic nitrogens is 4. The minimum absolute atomic E-state index is 0.586. The van der Waals surface area contributed by atoms with Crippen molar-refractivity contribution >= 4 is 22.8 Å². The highest BCUT2D eigenvalue weighted by molar-refractivity contribution is 6.34. The van der Waals surface area contributed by atoms with Crippen molar-refractivity contribution in [3.05, 3.63) is 17.3 Å². The maximum absolute atomic E-state index is 5.81. The molecule has 0 unspecified atom stereocenters. The van der Waals surface area contributed by atoms with Gasteiger partial charge in [0, 0.05) is 13.2 Å². The van der Waals surface area contributed by atoms with Crippen LogP contribution in [-0.4, -0.2) is 20.0 Å². The van der Waals surface area contributed by atoms with Gasteiger partial charge in [0.1, 0.15) is 0 Å². The van der Waals surface area contributed by atoms with E-state index in [1.165, 1.54) is 0 Å². The Morgan fingerprint density at radius 2 is 2.36 bits per heavy atom. The van der Waals surface area contributed by atoms with Crippen molar-refractivity contribution in [3.8, 4) is 0 Å². The summed E-state index contributed by atoms with van der Waals surface area (Å²) >= 11 is 5.81. The van der Waals surface area contributed by atoms with E-state index in [-0.39, 0.29) is 0 Å². The average molecular weight is 169 g/mol. The molecular weight excluding hydrogens is 164 g/mol. The maximum Gasteiger partial charge on any atom is 0.179 e. The van der Waals surface area contributed by atoms with Gasteiger partial charge in [-0.3, -0.25) is 0 Å². The van der Waals surface area contributed by atoms with Crippen LogP contribution in [0.1, 0.15) is 0 Å². The molecule has 2 heterocycles. The summed E-state index contributed by atoms with van der Waals surface area (Å²) in [5.74, 6) is 0. The third-order valence-corrected chi connectivity index (χ3v) is 1.75. The van der Waals surface area contributed by atoms with Crippen molar-refractivity contribution in [2.45, 2.75) is 0 Å². The van der Waals surface area contributed by atoms with E-state index in [0.717, 1.165) is 0 Å². The van der Waals surface area contributed by atoms with Gasteiger partial charge in [-0.05, 0) is 6.07 Å². The van der Waals surface area contributed by atoms with Crippen LogP contribution in [-0.2, 0) is 7.05 Å². The van der Waals surface area contributed by atoms with Crippen molar-refractivity contribution in [3.63, 3.8) is 0 Å². The molecule has 2 rings (SSSR count). The average Bonchev–Trinajstić information content (AvgIpc) is 2.35. The summed E-state index contributed by atoms with van der Waals surface area (Å²) in [6, 6.07) is 1.69. The van der Waals surface area contributed by atoms with Gasteiger partial charge in [-0.1, -0.05) is 16.8 Å². The summed E-state index contributed by atoms with van der Waals surface area (Å²) in [7, 11) is 1.78. The highest BCUT2D eigenvalue weighted by atomic mass is 35.5. The summed E-state index contributed by atoms with van der Waals surface area (Å²) in [5.41, 5.74) is 1.36. The van der Waals surface area contributed by atoms with E-state index in [4.69, 9.17) is 11.6 Å². The van der Waals surface area contributed by atoms with Gasteiger partial charge >= 0.3 is 0 Å². The molecule has 0 saturated carbocycles. The van der Waals surface area contributed by atoms with E-state index in [2.05, 4.69) is 15.3 Å². The molecule has 0 aliphatic rings. The van der Waals surface area contributed by atoms with Gasteiger partial charge < -0.3 is 0 Å². The van der Waals surface area contributed by atoms with Crippen LogP contribution >= 0.6 is 11.6 Å². The van der Waals surface area contributed by atoms with Gasteiger partial charge in [0.05, 0.1) is 5.02 Å². The molecular formula is C6H5ClN4. The van der Waals surface area contributed by atoms with E-state index in [1.807, 2.05) is 0 Å². The van der Waals surface area contributed by atoms with E-state index >= 15 is 0 Å². The normalized spacial score (nSPS) is 10.7. The minimum atomic E-state index is 0.586. The van der Waals surface area contributed by atoms with Crippen LogP contribution in [0.25, 0.3) is 11.2 Å². The Balaban J connectivity index is 2.94. The van der Waals surface area contributed by atoms with E-state index in [1.54, 1.807) is 24.0 Å². The zero-order valence-corrected chi connectivity index (χ0v) is 6.58. The van der Waals surface area contributed by atoms with Crippen LogP contribution in [0, 0.1) is 0 Å². The van der Waals surface area contributed by atoms with E-state index < -0.39 is 0 Å². The Bertz CT molecular complexity index is 394. The standard InChI is InChI=1S/C6H5ClN4/c1-11-6-5(9-10-11)4(7)2-3-8-6/h2-3H,1H3. The zero-order valence-electron chi connectivity index (χ0n) is 5.82. The molecule has 0 atom stereocenters. The molecule has 0 fully saturated rings. The predicted molar refractivity (Wildman–Crippen MR) is 41.3 cm³/mol. The summed E-state index contributed by atoms with van der Waals surface area (Å²) in [5, 5.41) is 8.20. The number of aryl methyl sites for hydroxylation is 1. The molecule has 5 heteroatoms. The summed E-state index contributed by atoms with van der Waals surface area (Å²) < 4.78 is 1.58. The number of pyridine rings is 1. The number of halogens is 1. The van der Waals surface area contributed by atoms with Crippen LogP contribution in [0.4, 0.5) is 0 Å². The summed E-state index contributed by atoms with van der Waals surface area (Å²) in [6.07, 6.45) is 1.63. The zero-order chi connectivity index (χ0) is 7.84. The number of hydrogen-bond acceptors (Lipinski definition) is 3. The molecule has 2 aromatic heterocycles.